The minimum absolute atomic E-state index is 0.328. The first-order valence-electron chi connectivity index (χ1n) is 5.26. The smallest absolute Gasteiger partial charge is 0.330 e. The van der Waals surface area contributed by atoms with Gasteiger partial charge >= 0.3 is 11.9 Å². The van der Waals surface area contributed by atoms with Crippen LogP contribution < -0.4 is 0 Å². The molecule has 0 aromatic rings. The zero-order valence-corrected chi connectivity index (χ0v) is 13.3. The van der Waals surface area contributed by atoms with Gasteiger partial charge in [0.1, 0.15) is 0 Å². The molecular weight excluding hydrogens is 368 g/mol. The highest BCUT2D eigenvalue weighted by Crippen LogP contribution is 2.20. The minimum Gasteiger partial charge on any atom is -0.463 e. The molecule has 0 unspecified atom stereocenters. The Kier molecular flexibility index (Phi) is 9.59. The van der Waals surface area contributed by atoms with E-state index in [1.165, 1.54) is 24.3 Å². The summed E-state index contributed by atoms with van der Waals surface area (Å²) in [5.74, 6) is -0.853. The zero-order valence-electron chi connectivity index (χ0n) is 10.1. The van der Waals surface area contributed by atoms with E-state index in [1.54, 1.807) is 13.8 Å². The van der Waals surface area contributed by atoms with Crippen LogP contribution in [0.25, 0.3) is 0 Å². The van der Waals surface area contributed by atoms with E-state index in [4.69, 9.17) is 9.47 Å². The number of rotatable bonds is 6. The Bertz CT molecular complexity index is 348. The predicted molar refractivity (Wildman–Crippen MR) is 76.4 cm³/mol. The van der Waals surface area contributed by atoms with Crippen molar-refractivity contribution in [2.75, 3.05) is 13.2 Å². The third-order valence-corrected chi connectivity index (χ3v) is 3.45. The monoisotopic (exact) mass is 380 g/mol. The summed E-state index contributed by atoms with van der Waals surface area (Å²) in [6.45, 7) is 4.12. The fourth-order valence-electron chi connectivity index (χ4n) is 0.822. The molecule has 0 bridgehead atoms. The topological polar surface area (TPSA) is 52.6 Å². The molecule has 0 aliphatic carbocycles. The van der Waals surface area contributed by atoms with Crippen LogP contribution in [0.3, 0.4) is 0 Å². The summed E-state index contributed by atoms with van der Waals surface area (Å²) < 4.78 is 10.7. The molecule has 6 heteroatoms. The summed E-state index contributed by atoms with van der Waals surface area (Å²) in [7, 11) is 0. The Morgan fingerprint density at radius 2 is 1.17 bits per heavy atom. The van der Waals surface area contributed by atoms with Gasteiger partial charge in [0.25, 0.3) is 0 Å². The maximum absolute atomic E-state index is 11.1. The SMILES string of the molecule is CCOC(=O)/C=C/C(Br)=C(Br)/C=C/C(=O)OCC. The van der Waals surface area contributed by atoms with Crippen LogP contribution in [0.2, 0.25) is 0 Å². The number of esters is 2. The van der Waals surface area contributed by atoms with Crippen molar-refractivity contribution in [1.29, 1.82) is 0 Å². The van der Waals surface area contributed by atoms with Crippen molar-refractivity contribution < 1.29 is 19.1 Å². The highest BCUT2D eigenvalue weighted by Gasteiger charge is 1.99. The minimum atomic E-state index is -0.427. The van der Waals surface area contributed by atoms with Gasteiger partial charge in [0.15, 0.2) is 0 Å². The second-order valence-electron chi connectivity index (χ2n) is 2.87. The molecule has 0 aromatic heterocycles. The van der Waals surface area contributed by atoms with Gasteiger partial charge in [-0.2, -0.15) is 0 Å². The molecule has 0 fully saturated rings. The molecule has 0 atom stereocenters. The van der Waals surface area contributed by atoms with Crippen LogP contribution in [0.5, 0.6) is 0 Å². The molecule has 0 aliphatic rings. The van der Waals surface area contributed by atoms with Gasteiger partial charge in [-0.25, -0.2) is 9.59 Å². The third kappa shape index (κ3) is 8.25. The standard InChI is InChI=1S/C12H14Br2O4/c1-3-17-11(15)7-5-9(13)10(14)6-8-12(16)18-4-2/h5-8H,3-4H2,1-2H3/b7-5+,8-6+,10-9+. The molecule has 4 nitrogen and oxygen atoms in total. The third-order valence-electron chi connectivity index (χ3n) is 1.53. The molecule has 18 heavy (non-hydrogen) atoms. The van der Waals surface area contributed by atoms with Crippen LogP contribution in [-0.2, 0) is 19.1 Å². The predicted octanol–water partition coefficient (Wildman–Crippen LogP) is 3.23. The van der Waals surface area contributed by atoms with Crippen molar-refractivity contribution in [2.24, 2.45) is 0 Å². The van der Waals surface area contributed by atoms with Crippen LogP contribution >= 0.6 is 31.9 Å². The molecule has 0 aromatic carbocycles. The number of hydrogen-bond acceptors (Lipinski definition) is 4. The number of hydrogen-bond donors (Lipinski definition) is 0. The molecule has 0 spiro atoms. The quantitative estimate of drug-likeness (QED) is 0.402. The van der Waals surface area contributed by atoms with Gasteiger partial charge in [-0.15, -0.1) is 0 Å². The van der Waals surface area contributed by atoms with Gasteiger partial charge in [0.2, 0.25) is 0 Å². The van der Waals surface area contributed by atoms with Crippen molar-refractivity contribution in [3.63, 3.8) is 0 Å². The molecule has 100 valence electrons. The number of carbonyl (C=O) groups excluding carboxylic acids is 2. The van der Waals surface area contributed by atoms with E-state index in [9.17, 15) is 9.59 Å². The summed E-state index contributed by atoms with van der Waals surface area (Å²) in [5, 5.41) is 0. The van der Waals surface area contributed by atoms with Crippen molar-refractivity contribution in [3.8, 4) is 0 Å². The first kappa shape index (κ1) is 17.1. The number of ether oxygens (including phenoxy) is 2. The largest absolute Gasteiger partial charge is 0.463 e. The van der Waals surface area contributed by atoms with Gasteiger partial charge in [-0.05, 0) is 57.9 Å². The average molecular weight is 382 g/mol. The van der Waals surface area contributed by atoms with E-state index < -0.39 is 11.9 Å². The van der Waals surface area contributed by atoms with E-state index in [-0.39, 0.29) is 0 Å². The molecule has 0 saturated carbocycles. The average Bonchev–Trinajstić information content (AvgIpc) is 2.33. The first-order chi connectivity index (χ1) is 8.51. The van der Waals surface area contributed by atoms with Crippen LogP contribution in [-0.4, -0.2) is 25.2 Å². The fourth-order valence-corrected chi connectivity index (χ4v) is 1.35. The van der Waals surface area contributed by atoms with Crippen molar-refractivity contribution in [1.82, 2.24) is 0 Å². The van der Waals surface area contributed by atoms with E-state index in [1.807, 2.05) is 0 Å². The zero-order chi connectivity index (χ0) is 14.0. The summed E-state index contributed by atoms with van der Waals surface area (Å²) in [6.07, 6.45) is 5.62. The molecule has 0 rings (SSSR count). The number of allylic oxidation sites excluding steroid dienone is 4. The van der Waals surface area contributed by atoms with E-state index >= 15 is 0 Å². The van der Waals surface area contributed by atoms with Gasteiger partial charge in [0.05, 0.1) is 13.2 Å². The van der Waals surface area contributed by atoms with E-state index in [0.29, 0.717) is 22.2 Å². The maximum Gasteiger partial charge on any atom is 0.330 e. The van der Waals surface area contributed by atoms with Crippen LogP contribution in [0.4, 0.5) is 0 Å². The van der Waals surface area contributed by atoms with Gasteiger partial charge in [0, 0.05) is 21.1 Å². The number of halogens is 2. The Labute approximate surface area is 123 Å². The van der Waals surface area contributed by atoms with Gasteiger partial charge in [-0.3, -0.25) is 0 Å². The summed E-state index contributed by atoms with van der Waals surface area (Å²) in [6, 6.07) is 0. The molecule has 0 aliphatic heterocycles. The highest BCUT2D eigenvalue weighted by molar-refractivity contribution is 9.14. The second-order valence-corrected chi connectivity index (χ2v) is 4.58. The van der Waals surface area contributed by atoms with E-state index in [2.05, 4.69) is 31.9 Å². The van der Waals surface area contributed by atoms with Crippen LogP contribution in [0, 0.1) is 0 Å². The van der Waals surface area contributed by atoms with Crippen molar-refractivity contribution in [2.45, 2.75) is 13.8 Å². The summed E-state index contributed by atoms with van der Waals surface area (Å²) >= 11 is 6.49. The van der Waals surface area contributed by atoms with Crippen molar-refractivity contribution >= 4 is 43.8 Å². The fraction of sp³-hybridized carbons (Fsp3) is 0.333. The van der Waals surface area contributed by atoms with Crippen LogP contribution in [0.15, 0.2) is 33.3 Å². The first-order valence-corrected chi connectivity index (χ1v) is 6.84. The highest BCUT2D eigenvalue weighted by atomic mass is 79.9. The number of carbonyl (C=O) groups is 2. The molecule has 0 amide bonds. The Morgan fingerprint density at radius 1 is 0.833 bits per heavy atom. The molecular formula is C12H14Br2O4. The summed E-state index contributed by atoms with van der Waals surface area (Å²) in [5.41, 5.74) is 0. The summed E-state index contributed by atoms with van der Waals surface area (Å²) in [4.78, 5) is 22.1. The Balaban J connectivity index is 4.52. The lowest BCUT2D eigenvalue weighted by molar-refractivity contribution is -0.138. The maximum atomic E-state index is 11.1. The second kappa shape index (κ2) is 10.1. The van der Waals surface area contributed by atoms with Crippen LogP contribution in [0.1, 0.15) is 13.8 Å². The van der Waals surface area contributed by atoms with Crippen molar-refractivity contribution in [3.05, 3.63) is 33.3 Å². The lowest BCUT2D eigenvalue weighted by Crippen LogP contribution is -1.99. The molecule has 0 heterocycles. The Hall–Kier alpha value is -0.880. The lowest BCUT2D eigenvalue weighted by Gasteiger charge is -1.97. The van der Waals surface area contributed by atoms with Gasteiger partial charge in [-0.1, -0.05) is 0 Å². The molecule has 0 radical (unpaired) electrons. The van der Waals surface area contributed by atoms with E-state index in [0.717, 1.165) is 0 Å². The molecule has 0 N–H and O–H groups in total. The van der Waals surface area contributed by atoms with Gasteiger partial charge < -0.3 is 9.47 Å². The lowest BCUT2D eigenvalue weighted by atomic mass is 10.4. The molecule has 0 saturated heterocycles. The Morgan fingerprint density at radius 3 is 1.44 bits per heavy atom. The normalized spacial score (nSPS) is 12.7.